The number of aliphatic hydroxyl groups excluding tert-OH is 2. The molecule has 1 fully saturated rings. The molecule has 1 heterocycles. The maximum absolute atomic E-state index is 11.4. The van der Waals surface area contributed by atoms with E-state index in [-0.39, 0.29) is 12.1 Å². The highest BCUT2D eigenvalue weighted by Gasteiger charge is 2.28. The van der Waals surface area contributed by atoms with Crippen molar-refractivity contribution in [2.75, 3.05) is 0 Å². The maximum atomic E-state index is 11.4. The third-order valence-corrected chi connectivity index (χ3v) is 2.67. The third-order valence-electron chi connectivity index (χ3n) is 2.67. The molecular formula is C10H18O4. The first kappa shape index (κ1) is 11.5. The van der Waals surface area contributed by atoms with E-state index in [1.807, 2.05) is 0 Å². The van der Waals surface area contributed by atoms with Crippen LogP contribution in [0.5, 0.6) is 0 Å². The van der Waals surface area contributed by atoms with E-state index in [1.165, 1.54) is 0 Å². The van der Waals surface area contributed by atoms with Crippen molar-refractivity contribution in [1.29, 1.82) is 0 Å². The standard InChI is InChI=1S/C10H18O4/c1-6-5-8(11)3-4-9(12)7(2)10(13)14-6/h6-9,11-12H,3-5H2,1-2H3/t6-,7-,8-,9+/m1/s1. The summed E-state index contributed by atoms with van der Waals surface area (Å²) in [4.78, 5) is 11.4. The van der Waals surface area contributed by atoms with Gasteiger partial charge in [0.1, 0.15) is 6.10 Å². The molecule has 0 aromatic heterocycles. The molecule has 0 radical (unpaired) electrons. The molecule has 1 rings (SSSR count). The molecule has 1 aliphatic heterocycles. The van der Waals surface area contributed by atoms with Gasteiger partial charge >= 0.3 is 5.97 Å². The minimum Gasteiger partial charge on any atom is -0.462 e. The summed E-state index contributed by atoms with van der Waals surface area (Å²) in [6, 6.07) is 0. The summed E-state index contributed by atoms with van der Waals surface area (Å²) in [5.41, 5.74) is 0. The molecule has 1 saturated heterocycles. The number of aliphatic hydroxyl groups is 2. The fourth-order valence-corrected chi connectivity index (χ4v) is 1.62. The molecule has 4 heteroatoms. The summed E-state index contributed by atoms with van der Waals surface area (Å²) >= 11 is 0. The quantitative estimate of drug-likeness (QED) is 0.560. The van der Waals surface area contributed by atoms with Crippen LogP contribution in [0.3, 0.4) is 0 Å². The van der Waals surface area contributed by atoms with Crippen LogP contribution in [-0.2, 0) is 9.53 Å². The van der Waals surface area contributed by atoms with E-state index in [4.69, 9.17) is 4.74 Å². The Morgan fingerprint density at radius 2 is 1.93 bits per heavy atom. The van der Waals surface area contributed by atoms with E-state index >= 15 is 0 Å². The molecule has 0 aliphatic carbocycles. The van der Waals surface area contributed by atoms with Crippen molar-refractivity contribution in [3.63, 3.8) is 0 Å². The number of hydrogen-bond acceptors (Lipinski definition) is 4. The summed E-state index contributed by atoms with van der Waals surface area (Å²) < 4.78 is 5.07. The molecule has 4 nitrogen and oxygen atoms in total. The molecule has 82 valence electrons. The van der Waals surface area contributed by atoms with Crippen molar-refractivity contribution in [2.45, 2.75) is 51.4 Å². The van der Waals surface area contributed by atoms with E-state index in [2.05, 4.69) is 0 Å². The fourth-order valence-electron chi connectivity index (χ4n) is 1.62. The van der Waals surface area contributed by atoms with Crippen molar-refractivity contribution >= 4 is 5.97 Å². The van der Waals surface area contributed by atoms with E-state index in [1.54, 1.807) is 13.8 Å². The molecule has 0 aromatic carbocycles. The number of hydrogen-bond donors (Lipinski definition) is 2. The average molecular weight is 202 g/mol. The Hall–Kier alpha value is -0.610. The fraction of sp³-hybridized carbons (Fsp3) is 0.900. The van der Waals surface area contributed by atoms with Gasteiger partial charge in [-0.1, -0.05) is 0 Å². The van der Waals surface area contributed by atoms with Gasteiger partial charge in [-0.25, -0.2) is 0 Å². The van der Waals surface area contributed by atoms with Crippen LogP contribution in [0.4, 0.5) is 0 Å². The molecule has 0 saturated carbocycles. The van der Waals surface area contributed by atoms with Crippen molar-refractivity contribution < 1.29 is 19.7 Å². The van der Waals surface area contributed by atoms with Crippen LogP contribution in [-0.4, -0.2) is 34.5 Å². The molecule has 14 heavy (non-hydrogen) atoms. The summed E-state index contributed by atoms with van der Waals surface area (Å²) in [5.74, 6) is -0.873. The van der Waals surface area contributed by atoms with Gasteiger partial charge in [-0.05, 0) is 26.7 Å². The molecule has 0 aromatic rings. The van der Waals surface area contributed by atoms with Gasteiger partial charge in [-0.15, -0.1) is 0 Å². The van der Waals surface area contributed by atoms with Crippen molar-refractivity contribution in [1.82, 2.24) is 0 Å². The second-order valence-electron chi connectivity index (χ2n) is 4.07. The lowest BCUT2D eigenvalue weighted by Gasteiger charge is -2.17. The Bertz CT molecular complexity index is 204. The molecule has 4 atom stereocenters. The highest BCUT2D eigenvalue weighted by Crippen LogP contribution is 2.19. The second-order valence-corrected chi connectivity index (χ2v) is 4.07. The van der Waals surface area contributed by atoms with Crippen LogP contribution in [0.25, 0.3) is 0 Å². The van der Waals surface area contributed by atoms with Crippen LogP contribution >= 0.6 is 0 Å². The number of carbonyl (C=O) groups excluding carboxylic acids is 1. The molecular weight excluding hydrogens is 184 g/mol. The Morgan fingerprint density at radius 3 is 2.57 bits per heavy atom. The zero-order valence-electron chi connectivity index (χ0n) is 8.64. The Labute approximate surface area is 83.9 Å². The summed E-state index contributed by atoms with van der Waals surface area (Å²) in [7, 11) is 0. The van der Waals surface area contributed by atoms with Gasteiger partial charge in [0, 0.05) is 6.42 Å². The van der Waals surface area contributed by atoms with Gasteiger partial charge < -0.3 is 14.9 Å². The monoisotopic (exact) mass is 202 g/mol. The zero-order valence-corrected chi connectivity index (χ0v) is 8.64. The average Bonchev–Trinajstić information content (AvgIpc) is 2.14. The second kappa shape index (κ2) is 4.75. The SMILES string of the molecule is C[C@@H]1C[C@H](O)CC[C@H](O)[C@@H](C)C(=O)O1. The predicted octanol–water partition coefficient (Wildman–Crippen LogP) is 0.460. The first-order valence-electron chi connectivity index (χ1n) is 5.07. The Balaban J connectivity index is 2.65. The highest BCUT2D eigenvalue weighted by molar-refractivity contribution is 5.72. The van der Waals surface area contributed by atoms with Crippen molar-refractivity contribution in [3.8, 4) is 0 Å². The number of rotatable bonds is 0. The lowest BCUT2D eigenvalue weighted by atomic mass is 9.99. The zero-order chi connectivity index (χ0) is 10.7. The first-order chi connectivity index (χ1) is 6.50. The summed E-state index contributed by atoms with van der Waals surface area (Å²) in [6.45, 7) is 3.41. The lowest BCUT2D eigenvalue weighted by molar-refractivity contribution is -0.156. The van der Waals surface area contributed by atoms with E-state index in [0.717, 1.165) is 0 Å². The number of cyclic esters (lactones) is 1. The highest BCUT2D eigenvalue weighted by atomic mass is 16.5. The minimum absolute atomic E-state index is 0.273. The van der Waals surface area contributed by atoms with E-state index in [9.17, 15) is 15.0 Å². The van der Waals surface area contributed by atoms with Crippen LogP contribution in [0.2, 0.25) is 0 Å². The topological polar surface area (TPSA) is 66.8 Å². The molecule has 1 aliphatic rings. The van der Waals surface area contributed by atoms with Gasteiger partial charge in [0.15, 0.2) is 0 Å². The molecule has 0 amide bonds. The van der Waals surface area contributed by atoms with Crippen LogP contribution in [0, 0.1) is 5.92 Å². The maximum Gasteiger partial charge on any atom is 0.311 e. The molecule has 0 unspecified atom stereocenters. The molecule has 0 bridgehead atoms. The van der Waals surface area contributed by atoms with Crippen molar-refractivity contribution in [3.05, 3.63) is 0 Å². The van der Waals surface area contributed by atoms with Crippen LogP contribution < -0.4 is 0 Å². The normalized spacial score (nSPS) is 40.7. The smallest absolute Gasteiger partial charge is 0.311 e. The van der Waals surface area contributed by atoms with Gasteiger partial charge in [0.05, 0.1) is 18.1 Å². The van der Waals surface area contributed by atoms with Crippen molar-refractivity contribution in [2.24, 2.45) is 5.92 Å². The summed E-state index contributed by atoms with van der Waals surface area (Å²) in [5, 5.41) is 19.1. The van der Waals surface area contributed by atoms with Gasteiger partial charge in [-0.3, -0.25) is 4.79 Å². The third kappa shape index (κ3) is 2.96. The van der Waals surface area contributed by atoms with Crippen LogP contribution in [0.15, 0.2) is 0 Å². The van der Waals surface area contributed by atoms with E-state index in [0.29, 0.717) is 19.3 Å². The Kier molecular flexibility index (Phi) is 3.89. The van der Waals surface area contributed by atoms with Crippen LogP contribution in [0.1, 0.15) is 33.1 Å². The molecule has 0 spiro atoms. The Morgan fingerprint density at radius 1 is 1.29 bits per heavy atom. The lowest BCUT2D eigenvalue weighted by Crippen LogP contribution is -2.28. The van der Waals surface area contributed by atoms with E-state index < -0.39 is 18.1 Å². The number of esters is 1. The first-order valence-corrected chi connectivity index (χ1v) is 5.07. The summed E-state index contributed by atoms with van der Waals surface area (Å²) in [6.07, 6.45) is -0.0487. The van der Waals surface area contributed by atoms with Gasteiger partial charge in [0.2, 0.25) is 0 Å². The largest absolute Gasteiger partial charge is 0.462 e. The predicted molar refractivity (Wildman–Crippen MR) is 50.6 cm³/mol. The number of carbonyl (C=O) groups is 1. The van der Waals surface area contributed by atoms with Gasteiger partial charge in [-0.2, -0.15) is 0 Å². The molecule has 2 N–H and O–H groups in total. The minimum atomic E-state index is -0.706. The number of ether oxygens (including phenoxy) is 1. The van der Waals surface area contributed by atoms with Gasteiger partial charge in [0.25, 0.3) is 0 Å².